The molecule has 3 rings (SSSR count). The maximum Gasteiger partial charge on any atom is 0.164 e. The Morgan fingerprint density at radius 2 is 2.12 bits per heavy atom. The average molecular weight is 327 g/mol. The number of benzene rings is 1. The summed E-state index contributed by atoms with van der Waals surface area (Å²) in [7, 11) is 0. The van der Waals surface area contributed by atoms with Crippen molar-refractivity contribution in [3.63, 3.8) is 0 Å². The number of nitrogens with zero attached hydrogens (tertiary/aromatic N) is 2. The van der Waals surface area contributed by atoms with Crippen LogP contribution < -0.4 is 10.1 Å². The highest BCUT2D eigenvalue weighted by Gasteiger charge is 2.12. The number of allylic oxidation sites excluding steroid dienone is 1. The molecule has 2 heterocycles. The zero-order chi connectivity index (χ0) is 16.6. The molecule has 0 unspecified atom stereocenters. The Labute approximate surface area is 143 Å². The van der Waals surface area contributed by atoms with Crippen molar-refractivity contribution in [2.45, 2.75) is 32.2 Å². The number of hydrogen-bond acceptors (Lipinski definition) is 4. The number of amidine groups is 1. The van der Waals surface area contributed by atoms with Crippen molar-refractivity contribution in [1.82, 2.24) is 10.2 Å². The number of nitrogens with one attached hydrogen (secondary N) is 1. The molecule has 0 atom stereocenters. The van der Waals surface area contributed by atoms with Gasteiger partial charge in [-0.1, -0.05) is 12.1 Å². The van der Waals surface area contributed by atoms with E-state index in [2.05, 4.69) is 33.4 Å². The predicted molar refractivity (Wildman–Crippen MR) is 95.3 cm³/mol. The van der Waals surface area contributed by atoms with Crippen LogP contribution in [0.2, 0.25) is 0 Å². The van der Waals surface area contributed by atoms with E-state index in [0.29, 0.717) is 19.6 Å². The van der Waals surface area contributed by atoms with E-state index in [-0.39, 0.29) is 5.78 Å². The van der Waals surface area contributed by atoms with E-state index in [9.17, 15) is 4.79 Å². The van der Waals surface area contributed by atoms with Gasteiger partial charge in [-0.15, -0.1) is 0 Å². The summed E-state index contributed by atoms with van der Waals surface area (Å²) in [6.07, 6.45) is 7.02. The number of rotatable bonds is 7. The van der Waals surface area contributed by atoms with Crippen LogP contribution in [0.1, 0.15) is 31.2 Å². The molecule has 0 bridgehead atoms. The highest BCUT2D eigenvalue weighted by atomic mass is 16.5. The molecule has 0 saturated carbocycles. The first kappa shape index (κ1) is 16.7. The quantitative estimate of drug-likeness (QED) is 0.782. The third kappa shape index (κ3) is 5.20. The average Bonchev–Trinajstić information content (AvgIpc) is 3.08. The molecule has 0 aromatic heterocycles. The highest BCUT2D eigenvalue weighted by molar-refractivity contribution is 6.08. The smallest absolute Gasteiger partial charge is 0.164 e. The molecule has 0 spiro atoms. The molecular formula is C19H25N3O2. The maximum absolute atomic E-state index is 11.3. The van der Waals surface area contributed by atoms with E-state index in [1.165, 1.54) is 37.6 Å². The lowest BCUT2D eigenvalue weighted by Crippen LogP contribution is -2.25. The van der Waals surface area contributed by atoms with Crippen molar-refractivity contribution in [3.05, 3.63) is 42.1 Å². The summed E-state index contributed by atoms with van der Waals surface area (Å²) in [6, 6.07) is 8.36. The molecule has 2 aliphatic heterocycles. The summed E-state index contributed by atoms with van der Waals surface area (Å²) in [5, 5.41) is 3.00. The van der Waals surface area contributed by atoms with E-state index in [1.807, 2.05) is 6.07 Å². The molecule has 0 aliphatic carbocycles. The van der Waals surface area contributed by atoms with Crippen LogP contribution in [0.5, 0.6) is 5.75 Å². The topological polar surface area (TPSA) is 53.9 Å². The van der Waals surface area contributed by atoms with Crippen LogP contribution in [0, 0.1) is 0 Å². The number of ether oxygens (including phenoxy) is 1. The number of ketones is 1. The molecule has 1 N–H and O–H groups in total. The molecule has 1 aromatic rings. The first-order chi connectivity index (χ1) is 11.8. The van der Waals surface area contributed by atoms with Gasteiger partial charge in [0.1, 0.15) is 11.6 Å². The Bertz CT molecular complexity index is 619. The van der Waals surface area contributed by atoms with Crippen LogP contribution in [0.25, 0.3) is 0 Å². The fourth-order valence-corrected chi connectivity index (χ4v) is 3.01. The standard InChI is InChI=1S/C19H25N3O2/c23-17-7-9-21-19(14-17)20-8-4-12-24-18-6-3-5-16(13-18)15-22-10-1-2-11-22/h3,5-7,9,13H,1-2,4,8,10-12,14-15H2,(H,20,21). The molecule has 1 aromatic carbocycles. The van der Waals surface area contributed by atoms with E-state index in [4.69, 9.17) is 4.74 Å². The van der Waals surface area contributed by atoms with Crippen molar-refractivity contribution in [1.29, 1.82) is 0 Å². The first-order valence-electron chi connectivity index (χ1n) is 8.73. The van der Waals surface area contributed by atoms with Gasteiger partial charge in [-0.25, -0.2) is 0 Å². The van der Waals surface area contributed by atoms with Gasteiger partial charge in [0.25, 0.3) is 0 Å². The maximum atomic E-state index is 11.3. The zero-order valence-corrected chi connectivity index (χ0v) is 14.0. The largest absolute Gasteiger partial charge is 0.494 e. The Morgan fingerprint density at radius 3 is 2.96 bits per heavy atom. The normalized spacial score (nSPS) is 19.7. The molecule has 5 nitrogen and oxygen atoms in total. The fourth-order valence-electron chi connectivity index (χ4n) is 3.01. The summed E-state index contributed by atoms with van der Waals surface area (Å²) in [4.78, 5) is 18.2. The molecule has 2 aliphatic rings. The number of carbonyl (C=O) groups excluding carboxylic acids is 1. The van der Waals surface area contributed by atoms with Crippen LogP contribution in [-0.4, -0.2) is 42.8 Å². The van der Waals surface area contributed by atoms with Gasteiger partial charge in [-0.3, -0.25) is 14.7 Å². The third-order valence-corrected chi connectivity index (χ3v) is 4.24. The van der Waals surface area contributed by atoms with Gasteiger partial charge in [0.2, 0.25) is 0 Å². The number of aliphatic imine (C=N–C) groups is 1. The lowest BCUT2D eigenvalue weighted by Gasteiger charge is -2.15. The first-order valence-corrected chi connectivity index (χ1v) is 8.73. The van der Waals surface area contributed by atoms with Gasteiger partial charge in [0, 0.05) is 25.7 Å². The molecule has 128 valence electrons. The number of carbonyl (C=O) groups is 1. The fraction of sp³-hybridized carbons (Fsp3) is 0.474. The van der Waals surface area contributed by atoms with E-state index in [0.717, 1.165) is 24.6 Å². The molecule has 0 amide bonds. The van der Waals surface area contributed by atoms with E-state index in [1.54, 1.807) is 6.20 Å². The summed E-state index contributed by atoms with van der Waals surface area (Å²) in [5.74, 6) is 1.77. The predicted octanol–water partition coefficient (Wildman–Crippen LogP) is 2.53. The number of likely N-dealkylation sites (tertiary alicyclic amines) is 1. The minimum atomic E-state index is 0.0959. The van der Waals surface area contributed by atoms with E-state index >= 15 is 0 Å². The molecule has 0 radical (unpaired) electrons. The Kier molecular flexibility index (Phi) is 6.01. The van der Waals surface area contributed by atoms with Gasteiger partial charge in [0.05, 0.1) is 13.0 Å². The van der Waals surface area contributed by atoms with Gasteiger partial charge in [0.15, 0.2) is 5.78 Å². The minimum Gasteiger partial charge on any atom is -0.494 e. The molecular weight excluding hydrogens is 302 g/mol. The minimum absolute atomic E-state index is 0.0959. The van der Waals surface area contributed by atoms with Crippen LogP contribution in [0.4, 0.5) is 0 Å². The highest BCUT2D eigenvalue weighted by Crippen LogP contribution is 2.17. The second kappa shape index (κ2) is 8.64. The van der Waals surface area contributed by atoms with Crippen LogP contribution in [0.15, 0.2) is 41.5 Å². The summed E-state index contributed by atoms with van der Waals surface area (Å²) >= 11 is 0. The Hall–Kier alpha value is -2.14. The van der Waals surface area contributed by atoms with Gasteiger partial charge in [-0.05, 0) is 49.7 Å². The Balaban J connectivity index is 1.39. The molecule has 24 heavy (non-hydrogen) atoms. The third-order valence-electron chi connectivity index (χ3n) is 4.24. The summed E-state index contributed by atoms with van der Waals surface area (Å²) in [6.45, 7) is 4.72. The van der Waals surface area contributed by atoms with Crippen LogP contribution in [-0.2, 0) is 11.3 Å². The lowest BCUT2D eigenvalue weighted by molar-refractivity contribution is -0.113. The van der Waals surface area contributed by atoms with Gasteiger partial charge >= 0.3 is 0 Å². The zero-order valence-electron chi connectivity index (χ0n) is 14.0. The SMILES string of the molecule is O=C1C=CNC(=NCCCOc2cccc(CN3CCCC3)c2)C1. The molecule has 1 saturated heterocycles. The van der Waals surface area contributed by atoms with E-state index < -0.39 is 0 Å². The van der Waals surface area contributed by atoms with Crippen molar-refractivity contribution < 1.29 is 9.53 Å². The number of hydrogen-bond donors (Lipinski definition) is 1. The van der Waals surface area contributed by atoms with Crippen molar-refractivity contribution in [2.24, 2.45) is 4.99 Å². The summed E-state index contributed by atoms with van der Waals surface area (Å²) < 4.78 is 5.83. The van der Waals surface area contributed by atoms with Crippen molar-refractivity contribution in [2.75, 3.05) is 26.2 Å². The van der Waals surface area contributed by atoms with Crippen molar-refractivity contribution in [3.8, 4) is 5.75 Å². The van der Waals surface area contributed by atoms with Crippen LogP contribution >= 0.6 is 0 Å². The second-order valence-corrected chi connectivity index (χ2v) is 6.28. The molecule has 5 heteroatoms. The molecule has 1 fully saturated rings. The van der Waals surface area contributed by atoms with Gasteiger partial charge in [-0.2, -0.15) is 0 Å². The lowest BCUT2D eigenvalue weighted by atomic mass is 10.2. The van der Waals surface area contributed by atoms with Gasteiger partial charge < -0.3 is 10.1 Å². The Morgan fingerprint density at radius 1 is 1.25 bits per heavy atom. The summed E-state index contributed by atoms with van der Waals surface area (Å²) in [5.41, 5.74) is 1.31. The monoisotopic (exact) mass is 327 g/mol. The van der Waals surface area contributed by atoms with Crippen molar-refractivity contribution >= 4 is 11.6 Å². The second-order valence-electron chi connectivity index (χ2n) is 6.28. The van der Waals surface area contributed by atoms with Crippen LogP contribution in [0.3, 0.4) is 0 Å².